The maximum atomic E-state index is 5.43. The van der Waals surface area contributed by atoms with Gasteiger partial charge in [-0.3, -0.25) is 0 Å². The number of benzene rings is 1. The van der Waals surface area contributed by atoms with Crippen LogP contribution >= 0.6 is 11.3 Å². The number of nitrogens with one attached hydrogen (secondary N) is 2. The topological polar surface area (TPSA) is 75.3 Å². The van der Waals surface area contributed by atoms with E-state index >= 15 is 0 Å². The molecule has 0 saturated heterocycles. The Balaban J connectivity index is 1.66. The Bertz CT molecular complexity index is 879. The molecule has 0 radical (unpaired) electrons. The number of hydrogen-bond donors (Lipinski definition) is 2. The first-order valence-corrected chi connectivity index (χ1v) is 10.6. The van der Waals surface area contributed by atoms with Gasteiger partial charge in [-0.05, 0) is 13.3 Å². The van der Waals surface area contributed by atoms with Crippen LogP contribution in [-0.2, 0) is 25.9 Å². The standard InChI is InChI=1S/C21H27N5OS/c1-4-18-17(19(5-2)27-26-18)13-24-21(22-6-3)23-12-16-14-28-20(25-16)15-10-8-7-9-11-15/h7-11,14H,4-6,12-13H2,1-3H3,(H2,22,23,24). The third-order valence-electron chi connectivity index (χ3n) is 4.36. The summed E-state index contributed by atoms with van der Waals surface area (Å²) in [5, 5.41) is 13.9. The summed E-state index contributed by atoms with van der Waals surface area (Å²) in [6.07, 6.45) is 1.67. The fraction of sp³-hybridized carbons (Fsp3) is 0.381. The van der Waals surface area contributed by atoms with Crippen molar-refractivity contribution in [1.82, 2.24) is 20.8 Å². The lowest BCUT2D eigenvalue weighted by Crippen LogP contribution is -2.36. The number of aromatic nitrogens is 2. The molecule has 0 atom stereocenters. The number of aliphatic imine (C=N–C) groups is 1. The van der Waals surface area contributed by atoms with Crippen molar-refractivity contribution >= 4 is 17.3 Å². The quantitative estimate of drug-likeness (QED) is 0.441. The van der Waals surface area contributed by atoms with E-state index in [4.69, 9.17) is 14.5 Å². The number of guanidine groups is 1. The van der Waals surface area contributed by atoms with Gasteiger partial charge in [0, 0.05) is 29.5 Å². The van der Waals surface area contributed by atoms with E-state index in [0.717, 1.165) is 58.6 Å². The summed E-state index contributed by atoms with van der Waals surface area (Å²) in [6.45, 7) is 8.19. The van der Waals surface area contributed by atoms with Gasteiger partial charge in [0.25, 0.3) is 0 Å². The second kappa shape index (κ2) is 10.0. The highest BCUT2D eigenvalue weighted by atomic mass is 32.1. The van der Waals surface area contributed by atoms with Crippen LogP contribution in [0.1, 0.15) is 43.5 Å². The van der Waals surface area contributed by atoms with E-state index in [0.29, 0.717) is 13.1 Å². The van der Waals surface area contributed by atoms with Gasteiger partial charge < -0.3 is 15.2 Å². The van der Waals surface area contributed by atoms with Gasteiger partial charge in [0.2, 0.25) is 0 Å². The number of thiazole rings is 1. The third kappa shape index (κ3) is 4.98. The first-order chi connectivity index (χ1) is 13.7. The van der Waals surface area contributed by atoms with E-state index in [1.807, 2.05) is 18.2 Å². The SMILES string of the molecule is CCNC(=NCc1c(CC)noc1CC)NCc1csc(-c2ccccc2)n1. The van der Waals surface area contributed by atoms with Crippen LogP contribution in [0.15, 0.2) is 45.2 Å². The van der Waals surface area contributed by atoms with E-state index in [-0.39, 0.29) is 0 Å². The molecule has 148 valence electrons. The summed E-state index contributed by atoms with van der Waals surface area (Å²) >= 11 is 1.66. The Morgan fingerprint density at radius 1 is 1.11 bits per heavy atom. The fourth-order valence-electron chi connectivity index (χ4n) is 2.89. The van der Waals surface area contributed by atoms with Crippen molar-refractivity contribution in [3.63, 3.8) is 0 Å². The molecule has 2 aromatic heterocycles. The molecule has 7 heteroatoms. The lowest BCUT2D eigenvalue weighted by Gasteiger charge is -2.10. The van der Waals surface area contributed by atoms with Gasteiger partial charge in [-0.15, -0.1) is 11.3 Å². The molecule has 3 aromatic rings. The molecule has 0 spiro atoms. The largest absolute Gasteiger partial charge is 0.361 e. The Hall–Kier alpha value is -2.67. The molecule has 0 bridgehead atoms. The lowest BCUT2D eigenvalue weighted by molar-refractivity contribution is 0.380. The van der Waals surface area contributed by atoms with Gasteiger partial charge in [0.1, 0.15) is 10.8 Å². The first kappa shape index (κ1) is 20.1. The molecule has 0 aliphatic heterocycles. The second-order valence-corrected chi connectivity index (χ2v) is 7.15. The zero-order valence-electron chi connectivity index (χ0n) is 16.7. The van der Waals surface area contributed by atoms with Crippen molar-refractivity contribution in [2.24, 2.45) is 4.99 Å². The van der Waals surface area contributed by atoms with E-state index in [1.54, 1.807) is 11.3 Å². The Kier molecular flexibility index (Phi) is 7.19. The van der Waals surface area contributed by atoms with Crippen molar-refractivity contribution in [2.75, 3.05) is 6.54 Å². The molecule has 0 unspecified atom stereocenters. The maximum Gasteiger partial charge on any atom is 0.191 e. The normalized spacial score (nSPS) is 11.6. The summed E-state index contributed by atoms with van der Waals surface area (Å²) in [5.74, 6) is 1.69. The number of aryl methyl sites for hydroxylation is 2. The molecule has 3 rings (SSSR count). The van der Waals surface area contributed by atoms with Gasteiger partial charge in [0.15, 0.2) is 5.96 Å². The zero-order chi connectivity index (χ0) is 19.8. The molecule has 2 heterocycles. The van der Waals surface area contributed by atoms with Crippen molar-refractivity contribution in [1.29, 1.82) is 0 Å². The molecule has 0 saturated carbocycles. The van der Waals surface area contributed by atoms with Gasteiger partial charge in [0.05, 0.1) is 24.5 Å². The van der Waals surface area contributed by atoms with Crippen LogP contribution in [0.25, 0.3) is 10.6 Å². The van der Waals surface area contributed by atoms with E-state index in [2.05, 4.69) is 54.1 Å². The predicted octanol–water partition coefficient (Wildman–Crippen LogP) is 4.18. The van der Waals surface area contributed by atoms with Gasteiger partial charge in [-0.2, -0.15) is 0 Å². The first-order valence-electron chi connectivity index (χ1n) is 9.73. The predicted molar refractivity (Wildman–Crippen MR) is 114 cm³/mol. The van der Waals surface area contributed by atoms with Crippen LogP contribution < -0.4 is 10.6 Å². The second-order valence-electron chi connectivity index (χ2n) is 6.30. The van der Waals surface area contributed by atoms with Crippen LogP contribution in [0.2, 0.25) is 0 Å². The molecule has 28 heavy (non-hydrogen) atoms. The van der Waals surface area contributed by atoms with E-state index in [1.165, 1.54) is 0 Å². The minimum absolute atomic E-state index is 0.553. The van der Waals surface area contributed by atoms with Gasteiger partial charge in [-0.1, -0.05) is 49.3 Å². The molecule has 0 aliphatic rings. The molecule has 2 N–H and O–H groups in total. The van der Waals surface area contributed by atoms with Crippen molar-refractivity contribution < 1.29 is 4.52 Å². The Labute approximate surface area is 170 Å². The molecular formula is C21H27N5OS. The summed E-state index contributed by atoms with van der Waals surface area (Å²) in [7, 11) is 0. The minimum atomic E-state index is 0.553. The van der Waals surface area contributed by atoms with E-state index < -0.39 is 0 Å². The zero-order valence-corrected chi connectivity index (χ0v) is 17.5. The van der Waals surface area contributed by atoms with Crippen LogP contribution in [0.5, 0.6) is 0 Å². The van der Waals surface area contributed by atoms with Crippen molar-refractivity contribution in [2.45, 2.75) is 46.7 Å². The number of nitrogens with zero attached hydrogens (tertiary/aromatic N) is 3. The molecule has 1 aromatic carbocycles. The van der Waals surface area contributed by atoms with Gasteiger partial charge in [-0.25, -0.2) is 9.98 Å². The summed E-state index contributed by atoms with van der Waals surface area (Å²) in [6, 6.07) is 10.2. The highest BCUT2D eigenvalue weighted by molar-refractivity contribution is 7.13. The highest BCUT2D eigenvalue weighted by Gasteiger charge is 2.13. The lowest BCUT2D eigenvalue weighted by atomic mass is 10.1. The number of rotatable bonds is 8. The molecule has 0 fully saturated rings. The summed E-state index contributed by atoms with van der Waals surface area (Å²) in [4.78, 5) is 9.45. The van der Waals surface area contributed by atoms with Crippen LogP contribution in [-0.4, -0.2) is 22.6 Å². The molecule has 0 amide bonds. The monoisotopic (exact) mass is 397 g/mol. The fourth-order valence-corrected chi connectivity index (χ4v) is 3.72. The minimum Gasteiger partial charge on any atom is -0.361 e. The molecule has 0 aliphatic carbocycles. The summed E-state index contributed by atoms with van der Waals surface area (Å²) in [5.41, 5.74) is 4.24. The number of hydrogen-bond acceptors (Lipinski definition) is 5. The molecule has 6 nitrogen and oxygen atoms in total. The van der Waals surface area contributed by atoms with Crippen LogP contribution in [0.3, 0.4) is 0 Å². The summed E-state index contributed by atoms with van der Waals surface area (Å²) < 4.78 is 5.43. The maximum absolute atomic E-state index is 5.43. The Morgan fingerprint density at radius 3 is 2.64 bits per heavy atom. The smallest absolute Gasteiger partial charge is 0.191 e. The average Bonchev–Trinajstić information content (AvgIpc) is 3.37. The van der Waals surface area contributed by atoms with Gasteiger partial charge >= 0.3 is 0 Å². The van der Waals surface area contributed by atoms with Crippen LogP contribution in [0, 0.1) is 0 Å². The Morgan fingerprint density at radius 2 is 1.93 bits per heavy atom. The third-order valence-corrected chi connectivity index (χ3v) is 5.30. The highest BCUT2D eigenvalue weighted by Crippen LogP contribution is 2.23. The van der Waals surface area contributed by atoms with Crippen LogP contribution in [0.4, 0.5) is 0 Å². The van der Waals surface area contributed by atoms with Crippen molar-refractivity contribution in [3.8, 4) is 10.6 Å². The van der Waals surface area contributed by atoms with E-state index in [9.17, 15) is 0 Å². The van der Waals surface area contributed by atoms with Crippen molar-refractivity contribution in [3.05, 3.63) is 58.4 Å². The average molecular weight is 398 g/mol. The molecular weight excluding hydrogens is 370 g/mol.